The highest BCUT2D eigenvalue weighted by atomic mass is 32.1. The molecule has 0 saturated heterocycles. The molecule has 1 heterocycles. The Morgan fingerprint density at radius 3 is 2.67 bits per heavy atom. The second-order valence-corrected chi connectivity index (χ2v) is 4.99. The van der Waals surface area contributed by atoms with Gasteiger partial charge in [0.25, 0.3) is 0 Å². The highest BCUT2D eigenvalue weighted by Gasteiger charge is 2.12. The maximum absolute atomic E-state index is 11.6. The number of carbonyl (C=O) groups is 1. The topological polar surface area (TPSA) is 52.3 Å². The van der Waals surface area contributed by atoms with Gasteiger partial charge in [0, 0.05) is 10.9 Å². The van der Waals surface area contributed by atoms with E-state index in [1.165, 1.54) is 0 Å². The molecule has 18 heavy (non-hydrogen) atoms. The number of thiophene rings is 1. The van der Waals surface area contributed by atoms with E-state index in [2.05, 4.69) is 0 Å². The molecule has 0 fully saturated rings. The number of benzene rings is 1. The normalized spacial score (nSPS) is 12.1. The van der Waals surface area contributed by atoms with Crippen molar-refractivity contribution in [3.8, 4) is 0 Å². The molecule has 1 aromatic carbocycles. The third kappa shape index (κ3) is 3.68. The van der Waals surface area contributed by atoms with Gasteiger partial charge in [-0.1, -0.05) is 36.4 Å². The maximum Gasteiger partial charge on any atom is 0.308 e. The van der Waals surface area contributed by atoms with Gasteiger partial charge in [-0.3, -0.25) is 4.79 Å². The van der Waals surface area contributed by atoms with Crippen LogP contribution < -0.4 is 5.73 Å². The molecular weight excluding hydrogens is 246 g/mol. The van der Waals surface area contributed by atoms with Crippen LogP contribution in [0.3, 0.4) is 0 Å². The van der Waals surface area contributed by atoms with Crippen LogP contribution in [0.1, 0.15) is 22.9 Å². The van der Waals surface area contributed by atoms with Crippen LogP contribution in [0.2, 0.25) is 0 Å². The van der Waals surface area contributed by atoms with Crippen molar-refractivity contribution in [2.45, 2.75) is 19.1 Å². The van der Waals surface area contributed by atoms with Crippen LogP contribution in [0.4, 0.5) is 0 Å². The molecular formula is C14H15NO2S. The Balaban J connectivity index is 1.80. The third-order valence-electron chi connectivity index (χ3n) is 2.57. The van der Waals surface area contributed by atoms with E-state index < -0.39 is 0 Å². The first-order chi connectivity index (χ1) is 8.75. The second kappa shape index (κ2) is 6.33. The van der Waals surface area contributed by atoms with Crippen LogP contribution in [-0.4, -0.2) is 5.97 Å². The molecule has 0 saturated carbocycles. The van der Waals surface area contributed by atoms with Gasteiger partial charge >= 0.3 is 5.97 Å². The zero-order chi connectivity index (χ0) is 12.8. The van der Waals surface area contributed by atoms with E-state index in [9.17, 15) is 4.79 Å². The van der Waals surface area contributed by atoms with Gasteiger partial charge in [-0.25, -0.2) is 0 Å². The summed E-state index contributed by atoms with van der Waals surface area (Å²) in [5, 5.41) is 1.96. The van der Waals surface area contributed by atoms with E-state index in [-0.39, 0.29) is 18.4 Å². The van der Waals surface area contributed by atoms with Gasteiger partial charge < -0.3 is 10.5 Å². The molecule has 0 aliphatic heterocycles. The van der Waals surface area contributed by atoms with Crippen molar-refractivity contribution < 1.29 is 9.53 Å². The Morgan fingerprint density at radius 1 is 1.22 bits per heavy atom. The molecule has 0 bridgehead atoms. The Morgan fingerprint density at radius 2 is 2.00 bits per heavy atom. The van der Waals surface area contributed by atoms with Crippen LogP contribution in [-0.2, 0) is 16.1 Å². The Hall–Kier alpha value is -1.65. The average Bonchev–Trinajstić information content (AvgIpc) is 2.90. The lowest BCUT2D eigenvalue weighted by Gasteiger charge is -2.11. The minimum atomic E-state index is -0.304. The Bertz CT molecular complexity index is 482. The smallest absolute Gasteiger partial charge is 0.308 e. The summed E-state index contributed by atoms with van der Waals surface area (Å²) >= 11 is 1.57. The van der Waals surface area contributed by atoms with E-state index >= 15 is 0 Å². The summed E-state index contributed by atoms with van der Waals surface area (Å²) in [5.41, 5.74) is 6.90. The predicted octanol–water partition coefficient (Wildman–Crippen LogP) is 2.88. The largest absolute Gasteiger partial charge is 0.460 e. The van der Waals surface area contributed by atoms with E-state index in [1.807, 2.05) is 47.8 Å². The maximum atomic E-state index is 11.6. The molecule has 1 aromatic heterocycles. The number of ether oxygens (including phenoxy) is 1. The summed E-state index contributed by atoms with van der Waals surface area (Å²) in [6.45, 7) is 0.331. The molecule has 3 nitrogen and oxygen atoms in total. The van der Waals surface area contributed by atoms with Crippen molar-refractivity contribution >= 4 is 17.3 Å². The van der Waals surface area contributed by atoms with E-state index in [4.69, 9.17) is 10.5 Å². The van der Waals surface area contributed by atoms with Gasteiger partial charge in [0.05, 0.1) is 6.42 Å². The molecule has 1 unspecified atom stereocenters. The van der Waals surface area contributed by atoms with Crippen LogP contribution in [0, 0.1) is 0 Å². The predicted molar refractivity (Wildman–Crippen MR) is 72.1 cm³/mol. The zero-order valence-electron chi connectivity index (χ0n) is 9.91. The van der Waals surface area contributed by atoms with Crippen molar-refractivity contribution in [2.75, 3.05) is 0 Å². The number of esters is 1. The summed E-state index contributed by atoms with van der Waals surface area (Å²) in [6.07, 6.45) is 0.204. The summed E-state index contributed by atoms with van der Waals surface area (Å²) in [5.74, 6) is -0.264. The van der Waals surface area contributed by atoms with Gasteiger partial charge in [0.2, 0.25) is 0 Å². The van der Waals surface area contributed by atoms with Crippen molar-refractivity contribution in [3.05, 3.63) is 58.3 Å². The fourth-order valence-corrected chi connectivity index (χ4v) is 2.22. The first-order valence-corrected chi connectivity index (χ1v) is 6.62. The number of hydrogen-bond donors (Lipinski definition) is 1. The molecule has 2 aromatic rings. The van der Waals surface area contributed by atoms with Gasteiger partial charge in [-0.2, -0.15) is 0 Å². The van der Waals surface area contributed by atoms with Crippen molar-refractivity contribution in [1.29, 1.82) is 0 Å². The lowest BCUT2D eigenvalue weighted by molar-refractivity contribution is -0.145. The molecule has 0 amide bonds. The average molecular weight is 261 g/mol. The van der Waals surface area contributed by atoms with Crippen LogP contribution in [0.5, 0.6) is 0 Å². The van der Waals surface area contributed by atoms with E-state index in [1.54, 1.807) is 11.3 Å². The number of hydrogen-bond acceptors (Lipinski definition) is 4. The second-order valence-electron chi connectivity index (χ2n) is 3.96. The van der Waals surface area contributed by atoms with Gasteiger partial charge in [-0.15, -0.1) is 11.3 Å². The quantitative estimate of drug-likeness (QED) is 0.842. The molecule has 2 N–H and O–H groups in total. The minimum absolute atomic E-state index is 0.204. The molecule has 0 aliphatic rings. The molecule has 4 heteroatoms. The fourth-order valence-electron chi connectivity index (χ4n) is 1.60. The number of carbonyl (C=O) groups excluding carboxylic acids is 1. The van der Waals surface area contributed by atoms with Gasteiger partial charge in [0.15, 0.2) is 0 Å². The molecule has 94 valence electrons. The minimum Gasteiger partial charge on any atom is -0.460 e. The SMILES string of the molecule is NC(CC(=O)OCc1cccs1)c1ccccc1. The number of nitrogens with two attached hydrogens (primary N) is 1. The molecule has 2 rings (SSSR count). The van der Waals surface area contributed by atoms with Crippen molar-refractivity contribution in [2.24, 2.45) is 5.73 Å². The van der Waals surface area contributed by atoms with Gasteiger partial charge in [0.1, 0.15) is 6.61 Å². The summed E-state index contributed by atoms with van der Waals surface area (Å²) < 4.78 is 5.17. The van der Waals surface area contributed by atoms with Crippen LogP contribution >= 0.6 is 11.3 Å². The van der Waals surface area contributed by atoms with E-state index in [0.717, 1.165) is 10.4 Å². The van der Waals surface area contributed by atoms with Crippen LogP contribution in [0.15, 0.2) is 47.8 Å². The van der Waals surface area contributed by atoms with E-state index in [0.29, 0.717) is 6.61 Å². The Labute approximate surface area is 110 Å². The monoisotopic (exact) mass is 261 g/mol. The summed E-state index contributed by atoms with van der Waals surface area (Å²) in [6, 6.07) is 13.1. The Kier molecular flexibility index (Phi) is 4.50. The highest BCUT2D eigenvalue weighted by molar-refractivity contribution is 7.09. The molecule has 0 spiro atoms. The van der Waals surface area contributed by atoms with Crippen LogP contribution in [0.25, 0.3) is 0 Å². The first kappa shape index (κ1) is 12.8. The van der Waals surface area contributed by atoms with Crippen molar-refractivity contribution in [3.63, 3.8) is 0 Å². The fraction of sp³-hybridized carbons (Fsp3) is 0.214. The summed E-state index contributed by atoms with van der Waals surface area (Å²) in [4.78, 5) is 12.7. The van der Waals surface area contributed by atoms with Crippen molar-refractivity contribution in [1.82, 2.24) is 0 Å². The lowest BCUT2D eigenvalue weighted by atomic mass is 10.1. The zero-order valence-corrected chi connectivity index (χ0v) is 10.7. The lowest BCUT2D eigenvalue weighted by Crippen LogP contribution is -2.17. The molecule has 0 radical (unpaired) electrons. The third-order valence-corrected chi connectivity index (χ3v) is 3.42. The molecule has 0 aliphatic carbocycles. The van der Waals surface area contributed by atoms with Gasteiger partial charge in [-0.05, 0) is 17.0 Å². The highest BCUT2D eigenvalue weighted by Crippen LogP contribution is 2.15. The standard InChI is InChI=1S/C14H15NO2S/c15-13(11-5-2-1-3-6-11)9-14(16)17-10-12-7-4-8-18-12/h1-8,13H,9-10,15H2. The first-order valence-electron chi connectivity index (χ1n) is 5.74. The number of rotatable bonds is 5. The summed E-state index contributed by atoms with van der Waals surface area (Å²) in [7, 11) is 0. The molecule has 1 atom stereocenters.